The molecule has 1 aliphatic carbocycles. The SMILES string of the molecule is N[C@@H]1CC[C@H]2CN(C(=O)c3coc4ccccc34)C[C@H]21. The van der Waals surface area contributed by atoms with Crippen molar-refractivity contribution in [1.29, 1.82) is 0 Å². The molecule has 3 atom stereocenters. The van der Waals surface area contributed by atoms with E-state index >= 15 is 0 Å². The van der Waals surface area contributed by atoms with Crippen molar-refractivity contribution in [2.75, 3.05) is 13.1 Å². The Morgan fingerprint density at radius 1 is 1.25 bits per heavy atom. The fourth-order valence-electron chi connectivity index (χ4n) is 3.79. The molecule has 1 aromatic carbocycles. The lowest BCUT2D eigenvalue weighted by Crippen LogP contribution is -2.33. The van der Waals surface area contributed by atoms with Crippen molar-refractivity contribution in [2.45, 2.75) is 18.9 Å². The molecule has 2 heterocycles. The van der Waals surface area contributed by atoms with E-state index in [-0.39, 0.29) is 11.9 Å². The van der Waals surface area contributed by atoms with Crippen LogP contribution in [0.5, 0.6) is 0 Å². The van der Waals surface area contributed by atoms with E-state index < -0.39 is 0 Å². The Balaban J connectivity index is 1.62. The lowest BCUT2D eigenvalue weighted by Gasteiger charge is -2.18. The Morgan fingerprint density at radius 3 is 2.95 bits per heavy atom. The number of amides is 1. The van der Waals surface area contributed by atoms with Crippen molar-refractivity contribution < 1.29 is 9.21 Å². The molecule has 4 rings (SSSR count). The number of carbonyl (C=O) groups excluding carboxylic acids is 1. The van der Waals surface area contributed by atoms with Crippen LogP contribution >= 0.6 is 0 Å². The molecule has 20 heavy (non-hydrogen) atoms. The van der Waals surface area contributed by atoms with Gasteiger partial charge in [-0.3, -0.25) is 4.79 Å². The first-order valence-electron chi connectivity index (χ1n) is 7.25. The normalized spacial score (nSPS) is 29.1. The summed E-state index contributed by atoms with van der Waals surface area (Å²) in [5.74, 6) is 1.15. The van der Waals surface area contributed by atoms with Gasteiger partial charge < -0.3 is 15.1 Å². The molecule has 1 saturated carbocycles. The van der Waals surface area contributed by atoms with E-state index in [1.54, 1.807) is 6.26 Å². The zero-order valence-corrected chi connectivity index (χ0v) is 11.3. The minimum absolute atomic E-state index is 0.0801. The highest BCUT2D eigenvalue weighted by Gasteiger charge is 2.42. The molecule has 2 fully saturated rings. The molecule has 2 N–H and O–H groups in total. The monoisotopic (exact) mass is 270 g/mol. The molecular formula is C16H18N2O2. The number of hydrogen-bond donors (Lipinski definition) is 1. The Bertz CT molecular complexity index is 663. The largest absolute Gasteiger partial charge is 0.463 e. The predicted molar refractivity (Wildman–Crippen MR) is 76.3 cm³/mol. The summed E-state index contributed by atoms with van der Waals surface area (Å²) in [6.45, 7) is 1.64. The maximum Gasteiger partial charge on any atom is 0.257 e. The Morgan fingerprint density at radius 2 is 2.10 bits per heavy atom. The summed E-state index contributed by atoms with van der Waals surface area (Å²) < 4.78 is 5.47. The zero-order valence-electron chi connectivity index (χ0n) is 11.3. The minimum atomic E-state index is 0.0801. The van der Waals surface area contributed by atoms with E-state index in [9.17, 15) is 4.79 Å². The second-order valence-electron chi connectivity index (χ2n) is 6.02. The highest BCUT2D eigenvalue weighted by Crippen LogP contribution is 2.38. The van der Waals surface area contributed by atoms with Crippen LogP contribution in [-0.2, 0) is 0 Å². The number of nitrogens with two attached hydrogens (primary N) is 1. The molecule has 0 bridgehead atoms. The molecule has 4 heteroatoms. The quantitative estimate of drug-likeness (QED) is 0.864. The Kier molecular flexibility index (Phi) is 2.60. The molecule has 0 unspecified atom stereocenters. The Labute approximate surface area is 117 Å². The maximum absolute atomic E-state index is 12.7. The van der Waals surface area contributed by atoms with Crippen LogP contribution in [0.1, 0.15) is 23.2 Å². The lowest BCUT2D eigenvalue weighted by molar-refractivity contribution is 0.0780. The first-order chi connectivity index (χ1) is 9.74. The van der Waals surface area contributed by atoms with Gasteiger partial charge in [0, 0.05) is 24.5 Å². The molecule has 2 aliphatic rings. The third-order valence-electron chi connectivity index (χ3n) is 4.91. The predicted octanol–water partition coefficient (Wildman–Crippen LogP) is 2.24. The average Bonchev–Trinajstić information content (AvgIpc) is 3.14. The van der Waals surface area contributed by atoms with Crippen molar-refractivity contribution in [2.24, 2.45) is 17.6 Å². The summed E-state index contributed by atoms with van der Waals surface area (Å²) in [5.41, 5.74) is 7.58. The molecule has 0 spiro atoms. The number of likely N-dealkylation sites (tertiary alicyclic amines) is 1. The van der Waals surface area contributed by atoms with Gasteiger partial charge in [0.1, 0.15) is 11.8 Å². The van der Waals surface area contributed by atoms with E-state index in [4.69, 9.17) is 10.2 Å². The second-order valence-corrected chi connectivity index (χ2v) is 6.02. The van der Waals surface area contributed by atoms with Crippen LogP contribution in [0.3, 0.4) is 0 Å². The van der Waals surface area contributed by atoms with E-state index in [1.807, 2.05) is 29.2 Å². The number of nitrogens with zero attached hydrogens (tertiary/aromatic N) is 1. The third-order valence-corrected chi connectivity index (χ3v) is 4.91. The van der Waals surface area contributed by atoms with Gasteiger partial charge in [-0.2, -0.15) is 0 Å². The summed E-state index contributed by atoms with van der Waals surface area (Å²) in [7, 11) is 0. The maximum atomic E-state index is 12.7. The fraction of sp³-hybridized carbons (Fsp3) is 0.438. The van der Waals surface area contributed by atoms with Crippen LogP contribution in [0.4, 0.5) is 0 Å². The first kappa shape index (κ1) is 12.0. The van der Waals surface area contributed by atoms with Crippen LogP contribution in [0.25, 0.3) is 11.0 Å². The molecule has 0 radical (unpaired) electrons. The van der Waals surface area contributed by atoms with E-state index in [2.05, 4.69) is 0 Å². The number of benzene rings is 1. The number of carbonyl (C=O) groups is 1. The molecular weight excluding hydrogens is 252 g/mol. The molecule has 1 saturated heterocycles. The van der Waals surface area contributed by atoms with Crippen molar-refractivity contribution in [3.8, 4) is 0 Å². The van der Waals surface area contributed by atoms with Crippen molar-refractivity contribution in [1.82, 2.24) is 4.90 Å². The summed E-state index contributed by atoms with van der Waals surface area (Å²) in [6, 6.07) is 7.94. The summed E-state index contributed by atoms with van der Waals surface area (Å²) in [5, 5.41) is 0.902. The van der Waals surface area contributed by atoms with E-state index in [0.29, 0.717) is 17.4 Å². The molecule has 1 aromatic heterocycles. The first-order valence-corrected chi connectivity index (χ1v) is 7.25. The van der Waals surface area contributed by atoms with Gasteiger partial charge in [0.2, 0.25) is 0 Å². The average molecular weight is 270 g/mol. The standard InChI is InChI=1S/C16H18N2O2/c17-14-6-5-10-7-18(8-12(10)14)16(19)13-9-20-15-4-2-1-3-11(13)15/h1-4,9-10,12,14H,5-8,17H2/t10-,12+,14+/m0/s1. The van der Waals surface area contributed by atoms with Gasteiger partial charge >= 0.3 is 0 Å². The van der Waals surface area contributed by atoms with Gasteiger partial charge in [-0.05, 0) is 30.7 Å². The Hall–Kier alpha value is -1.81. The number of fused-ring (bicyclic) bond motifs is 2. The topological polar surface area (TPSA) is 59.5 Å². The molecule has 4 nitrogen and oxygen atoms in total. The van der Waals surface area contributed by atoms with Crippen molar-refractivity contribution >= 4 is 16.9 Å². The van der Waals surface area contributed by atoms with Crippen molar-refractivity contribution in [3.05, 3.63) is 36.1 Å². The minimum Gasteiger partial charge on any atom is -0.463 e. The molecule has 104 valence electrons. The summed E-state index contributed by atoms with van der Waals surface area (Å²) in [4.78, 5) is 14.6. The third kappa shape index (κ3) is 1.68. The number of para-hydroxylation sites is 1. The van der Waals surface area contributed by atoms with E-state index in [1.165, 1.54) is 0 Å². The van der Waals surface area contributed by atoms with Crippen LogP contribution in [-0.4, -0.2) is 29.9 Å². The summed E-state index contributed by atoms with van der Waals surface area (Å²) in [6.07, 6.45) is 3.84. The summed E-state index contributed by atoms with van der Waals surface area (Å²) >= 11 is 0. The van der Waals surface area contributed by atoms with Gasteiger partial charge in [-0.1, -0.05) is 18.2 Å². The second kappa shape index (κ2) is 4.35. The van der Waals surface area contributed by atoms with Gasteiger partial charge in [-0.15, -0.1) is 0 Å². The van der Waals surface area contributed by atoms with Crippen molar-refractivity contribution in [3.63, 3.8) is 0 Å². The van der Waals surface area contributed by atoms with Gasteiger partial charge in [0.05, 0.1) is 5.56 Å². The van der Waals surface area contributed by atoms with Crippen LogP contribution in [0, 0.1) is 11.8 Å². The van der Waals surface area contributed by atoms with Gasteiger partial charge in [0.15, 0.2) is 0 Å². The van der Waals surface area contributed by atoms with E-state index in [0.717, 1.165) is 36.9 Å². The highest BCUT2D eigenvalue weighted by atomic mass is 16.3. The van der Waals surface area contributed by atoms with Gasteiger partial charge in [0.25, 0.3) is 5.91 Å². The van der Waals surface area contributed by atoms with Gasteiger partial charge in [-0.25, -0.2) is 0 Å². The fourth-order valence-corrected chi connectivity index (χ4v) is 3.79. The number of furan rings is 1. The number of hydrogen-bond acceptors (Lipinski definition) is 3. The van der Waals surface area contributed by atoms with Crippen LogP contribution < -0.4 is 5.73 Å². The molecule has 1 aliphatic heterocycles. The molecule has 2 aromatic rings. The smallest absolute Gasteiger partial charge is 0.257 e. The molecule has 1 amide bonds. The zero-order chi connectivity index (χ0) is 13.7. The number of rotatable bonds is 1. The van der Waals surface area contributed by atoms with Crippen LogP contribution in [0.2, 0.25) is 0 Å². The van der Waals surface area contributed by atoms with Crippen LogP contribution in [0.15, 0.2) is 34.9 Å². The lowest BCUT2D eigenvalue weighted by atomic mass is 9.98. The highest BCUT2D eigenvalue weighted by molar-refractivity contribution is 6.06.